The number of carboxylic acid groups (broad SMARTS) is 2. The number of aliphatic carboxylic acids is 2. The first-order chi connectivity index (χ1) is 6.54. The maximum Gasteiger partial charge on any atom is 0.316 e. The predicted octanol–water partition coefficient (Wildman–Crippen LogP) is 2.30. The molecule has 0 amide bonds. The Morgan fingerprint density at radius 3 is 2.14 bits per heavy atom. The normalized spacial score (nSPS) is 12.4. The van der Waals surface area contributed by atoms with Gasteiger partial charge >= 0.3 is 11.9 Å². The topological polar surface area (TPSA) is 74.6 Å². The molecule has 0 radical (unpaired) electrons. The maximum atomic E-state index is 10.4. The molecule has 0 aromatic carbocycles. The Balaban J connectivity index is 3.21. The lowest BCUT2D eigenvalue weighted by Crippen LogP contribution is -2.11. The highest BCUT2D eigenvalue weighted by Gasteiger charge is 2.11. The van der Waals surface area contributed by atoms with Crippen LogP contribution in [0.25, 0.3) is 0 Å². The predicted molar refractivity (Wildman–Crippen MR) is 60.8 cm³/mol. The van der Waals surface area contributed by atoms with E-state index in [0.29, 0.717) is 12.8 Å². The molecule has 5 heteroatoms. The summed E-state index contributed by atoms with van der Waals surface area (Å²) in [5, 5.41) is 16.9. The zero-order valence-electron chi connectivity index (χ0n) is 7.91. The Morgan fingerprint density at radius 2 is 1.64 bits per heavy atom. The van der Waals surface area contributed by atoms with E-state index < -0.39 is 11.9 Å². The van der Waals surface area contributed by atoms with E-state index in [4.69, 9.17) is 10.2 Å². The Labute approximate surface area is 96.8 Å². The summed E-state index contributed by atoms with van der Waals surface area (Å²) in [4.78, 5) is 20.6. The van der Waals surface area contributed by atoms with Crippen molar-refractivity contribution >= 4 is 34.5 Å². The lowest BCUT2D eigenvalue weighted by Gasteiger charge is -2.03. The molecule has 0 bridgehead atoms. The summed E-state index contributed by atoms with van der Waals surface area (Å²) in [5.41, 5.74) is 0. The van der Waals surface area contributed by atoms with E-state index in [2.05, 4.69) is 0 Å². The first-order valence-corrected chi connectivity index (χ1v) is 5.87. The first kappa shape index (κ1) is 13.7. The van der Waals surface area contributed by atoms with Crippen molar-refractivity contribution in [3.05, 3.63) is 0 Å². The quantitative estimate of drug-likeness (QED) is 0.409. The molecule has 0 saturated heterocycles. The average Bonchev–Trinajstić information content (AvgIpc) is 2.09. The summed E-state index contributed by atoms with van der Waals surface area (Å²) in [6.07, 6.45) is 4.22. The molecule has 0 spiro atoms. The summed E-state index contributed by atoms with van der Waals surface area (Å²) in [6, 6.07) is 0. The van der Waals surface area contributed by atoms with Crippen LogP contribution in [0.4, 0.5) is 0 Å². The van der Waals surface area contributed by atoms with Crippen molar-refractivity contribution in [1.29, 1.82) is 0 Å². The van der Waals surface area contributed by atoms with E-state index in [1.54, 1.807) is 0 Å². The summed E-state index contributed by atoms with van der Waals surface area (Å²) >= 11 is 1.91. The Hall–Kier alpha value is -0.330. The Morgan fingerprint density at radius 1 is 1.07 bits per heavy atom. The van der Waals surface area contributed by atoms with Crippen molar-refractivity contribution < 1.29 is 19.8 Å². The van der Waals surface area contributed by atoms with Crippen LogP contribution >= 0.6 is 22.6 Å². The van der Waals surface area contributed by atoms with Gasteiger partial charge < -0.3 is 10.2 Å². The molecule has 0 aliphatic rings. The minimum absolute atomic E-state index is 0.215. The molecular formula is C9H15IO4. The van der Waals surface area contributed by atoms with Crippen molar-refractivity contribution in [2.45, 2.75) is 42.4 Å². The van der Waals surface area contributed by atoms with Gasteiger partial charge in [0.15, 0.2) is 0 Å². The minimum atomic E-state index is -0.767. The monoisotopic (exact) mass is 314 g/mol. The second-order valence-electron chi connectivity index (χ2n) is 3.15. The molecule has 2 N–H and O–H groups in total. The lowest BCUT2D eigenvalue weighted by atomic mass is 10.1. The van der Waals surface area contributed by atoms with Gasteiger partial charge in [-0.3, -0.25) is 9.59 Å². The second-order valence-corrected chi connectivity index (χ2v) is 4.66. The molecule has 0 heterocycles. The largest absolute Gasteiger partial charge is 0.481 e. The number of carbonyl (C=O) groups is 2. The van der Waals surface area contributed by atoms with Gasteiger partial charge in [-0.1, -0.05) is 41.9 Å². The van der Waals surface area contributed by atoms with Crippen molar-refractivity contribution in [3.63, 3.8) is 0 Å². The fraction of sp³-hybridized carbons (Fsp3) is 0.778. The third kappa shape index (κ3) is 8.28. The van der Waals surface area contributed by atoms with Gasteiger partial charge in [-0.25, -0.2) is 0 Å². The SMILES string of the molecule is O=C(O)CCCCCCC(I)C(=O)O. The summed E-state index contributed by atoms with van der Waals surface area (Å²) in [7, 11) is 0. The second kappa shape index (κ2) is 8.02. The Kier molecular flexibility index (Phi) is 7.83. The standard InChI is InChI=1S/C9H15IO4/c10-7(9(13)14)5-3-1-2-4-6-8(11)12/h7H,1-6H2,(H,11,12)(H,13,14). The third-order valence-corrected chi connectivity index (χ3v) is 3.02. The zero-order valence-corrected chi connectivity index (χ0v) is 10.1. The third-order valence-electron chi connectivity index (χ3n) is 1.87. The van der Waals surface area contributed by atoms with E-state index in [0.717, 1.165) is 19.3 Å². The molecule has 0 aliphatic heterocycles. The van der Waals surface area contributed by atoms with E-state index in [1.807, 2.05) is 22.6 Å². The van der Waals surface area contributed by atoms with Crippen LogP contribution < -0.4 is 0 Å². The molecule has 1 unspecified atom stereocenters. The van der Waals surface area contributed by atoms with Gasteiger partial charge in [-0.2, -0.15) is 0 Å². The molecule has 0 fully saturated rings. The number of unbranched alkanes of at least 4 members (excludes halogenated alkanes) is 3. The summed E-state index contributed by atoms with van der Waals surface area (Å²) in [6.45, 7) is 0. The number of halogens is 1. The van der Waals surface area contributed by atoms with Gasteiger partial charge in [0.1, 0.15) is 3.92 Å². The summed E-state index contributed by atoms with van der Waals surface area (Å²) < 4.78 is -0.313. The van der Waals surface area contributed by atoms with Crippen molar-refractivity contribution in [1.82, 2.24) is 0 Å². The van der Waals surface area contributed by atoms with Crippen LogP contribution in [0.3, 0.4) is 0 Å². The number of alkyl halides is 1. The maximum absolute atomic E-state index is 10.4. The minimum Gasteiger partial charge on any atom is -0.481 e. The molecule has 0 aromatic heterocycles. The molecule has 1 atom stereocenters. The fourth-order valence-electron chi connectivity index (χ4n) is 1.08. The van der Waals surface area contributed by atoms with Crippen LogP contribution in [0.5, 0.6) is 0 Å². The van der Waals surface area contributed by atoms with Crippen molar-refractivity contribution in [3.8, 4) is 0 Å². The van der Waals surface area contributed by atoms with Gasteiger partial charge in [0.2, 0.25) is 0 Å². The fourth-order valence-corrected chi connectivity index (χ4v) is 1.52. The highest BCUT2D eigenvalue weighted by molar-refractivity contribution is 14.1. The Bertz CT molecular complexity index is 193. The smallest absolute Gasteiger partial charge is 0.316 e. The lowest BCUT2D eigenvalue weighted by molar-refractivity contribution is -0.137. The van der Waals surface area contributed by atoms with Crippen LogP contribution in [-0.4, -0.2) is 26.1 Å². The molecule has 0 aliphatic carbocycles. The van der Waals surface area contributed by atoms with Crippen LogP contribution in [0.1, 0.15) is 38.5 Å². The molecule has 14 heavy (non-hydrogen) atoms. The van der Waals surface area contributed by atoms with E-state index >= 15 is 0 Å². The van der Waals surface area contributed by atoms with Gasteiger partial charge in [0, 0.05) is 6.42 Å². The van der Waals surface area contributed by atoms with E-state index in [-0.39, 0.29) is 10.3 Å². The van der Waals surface area contributed by atoms with Gasteiger partial charge in [0.05, 0.1) is 0 Å². The van der Waals surface area contributed by atoms with E-state index in [1.165, 1.54) is 0 Å². The number of rotatable bonds is 8. The highest BCUT2D eigenvalue weighted by atomic mass is 127. The van der Waals surface area contributed by atoms with Crippen LogP contribution in [-0.2, 0) is 9.59 Å². The molecule has 4 nitrogen and oxygen atoms in total. The molecule has 0 saturated carbocycles. The molecule has 82 valence electrons. The number of carboxylic acids is 2. The van der Waals surface area contributed by atoms with Crippen molar-refractivity contribution in [2.75, 3.05) is 0 Å². The number of hydrogen-bond donors (Lipinski definition) is 2. The number of hydrogen-bond acceptors (Lipinski definition) is 2. The first-order valence-electron chi connectivity index (χ1n) is 4.62. The van der Waals surface area contributed by atoms with Crippen LogP contribution in [0.15, 0.2) is 0 Å². The average molecular weight is 314 g/mol. The zero-order chi connectivity index (χ0) is 11.0. The molecule has 0 aromatic rings. The summed E-state index contributed by atoms with van der Waals surface area (Å²) in [5.74, 6) is -1.53. The molecular weight excluding hydrogens is 299 g/mol. The van der Waals surface area contributed by atoms with Crippen LogP contribution in [0.2, 0.25) is 0 Å². The van der Waals surface area contributed by atoms with Crippen LogP contribution in [0, 0.1) is 0 Å². The van der Waals surface area contributed by atoms with Crippen molar-refractivity contribution in [2.24, 2.45) is 0 Å². The van der Waals surface area contributed by atoms with Gasteiger partial charge in [0.25, 0.3) is 0 Å². The van der Waals surface area contributed by atoms with Gasteiger partial charge in [-0.05, 0) is 12.8 Å². The highest BCUT2D eigenvalue weighted by Crippen LogP contribution is 2.13. The molecule has 0 rings (SSSR count). The van der Waals surface area contributed by atoms with E-state index in [9.17, 15) is 9.59 Å². The van der Waals surface area contributed by atoms with Gasteiger partial charge in [-0.15, -0.1) is 0 Å².